The average molecular weight is 439 g/mol. The minimum absolute atomic E-state index is 0.00528. The number of carbonyl (C=O) groups excluding carboxylic acids is 1. The summed E-state index contributed by atoms with van der Waals surface area (Å²) in [5.41, 5.74) is 3.40. The Kier molecular flexibility index (Phi) is 6.63. The predicted octanol–water partition coefficient (Wildman–Crippen LogP) is 3.58. The van der Waals surface area contributed by atoms with E-state index in [1.807, 2.05) is 24.3 Å². The third-order valence-corrected chi connectivity index (χ3v) is 6.23. The molecule has 31 heavy (non-hydrogen) atoms. The highest BCUT2D eigenvalue weighted by Gasteiger charge is 2.38. The zero-order valence-corrected chi connectivity index (χ0v) is 18.5. The van der Waals surface area contributed by atoms with Crippen LogP contribution in [0.25, 0.3) is 0 Å². The summed E-state index contributed by atoms with van der Waals surface area (Å²) in [5, 5.41) is 15.3. The number of hydrogen-bond donors (Lipinski definition) is 1. The first-order chi connectivity index (χ1) is 15.0. The second kappa shape index (κ2) is 9.58. The lowest BCUT2D eigenvalue weighted by molar-refractivity contribution is -0.125. The molecule has 2 aromatic carbocycles. The van der Waals surface area contributed by atoms with Gasteiger partial charge in [-0.05, 0) is 45.5 Å². The summed E-state index contributed by atoms with van der Waals surface area (Å²) in [6.07, 6.45) is 2.27. The van der Waals surface area contributed by atoms with Crippen molar-refractivity contribution in [2.24, 2.45) is 0 Å². The lowest BCUT2D eigenvalue weighted by atomic mass is 10.0. The molecule has 8 heteroatoms. The van der Waals surface area contributed by atoms with Gasteiger partial charge in [0.25, 0.3) is 0 Å². The fourth-order valence-corrected chi connectivity index (χ4v) is 4.24. The summed E-state index contributed by atoms with van der Waals surface area (Å²) in [5.74, 6) is 0.489. The monoisotopic (exact) mass is 438 g/mol. The number of halogens is 1. The van der Waals surface area contributed by atoms with Crippen LogP contribution in [0.3, 0.4) is 0 Å². The number of carbonyl (C=O) groups is 1. The molecule has 162 valence electrons. The fraction of sp³-hybridized carbons (Fsp3) is 0.391. The molecule has 1 aromatic heterocycles. The first-order valence-electron chi connectivity index (χ1n) is 10.6. The topological polar surface area (TPSA) is 75.9 Å². The van der Waals surface area contributed by atoms with E-state index in [4.69, 9.17) is 11.6 Å². The van der Waals surface area contributed by atoms with E-state index < -0.39 is 0 Å². The summed E-state index contributed by atoms with van der Waals surface area (Å²) in [6, 6.07) is 16.0. The Labute approximate surface area is 187 Å². The van der Waals surface area contributed by atoms with E-state index >= 15 is 0 Å². The Hall–Kier alpha value is -2.77. The summed E-state index contributed by atoms with van der Waals surface area (Å²) in [7, 11) is 0. The van der Waals surface area contributed by atoms with Gasteiger partial charge in [-0.2, -0.15) is 0 Å². The van der Waals surface area contributed by atoms with Crippen molar-refractivity contribution >= 4 is 17.5 Å². The van der Waals surface area contributed by atoms with Crippen LogP contribution in [0.4, 0.5) is 0 Å². The van der Waals surface area contributed by atoms with Gasteiger partial charge in [-0.3, -0.25) is 9.69 Å². The largest absolute Gasteiger partial charge is 0.351 e. The van der Waals surface area contributed by atoms with Crippen molar-refractivity contribution in [1.82, 2.24) is 30.4 Å². The summed E-state index contributed by atoms with van der Waals surface area (Å²) in [6.45, 7) is 6.18. The zero-order valence-electron chi connectivity index (χ0n) is 17.8. The third kappa shape index (κ3) is 5.11. The van der Waals surface area contributed by atoms with Gasteiger partial charge in [0.15, 0.2) is 0 Å². The van der Waals surface area contributed by atoms with Gasteiger partial charge < -0.3 is 5.32 Å². The Morgan fingerprint density at radius 3 is 2.65 bits per heavy atom. The molecule has 1 saturated heterocycles. The first kappa shape index (κ1) is 21.5. The molecule has 2 heterocycles. The molecule has 0 radical (unpaired) electrons. The van der Waals surface area contributed by atoms with Crippen LogP contribution in [-0.2, 0) is 17.9 Å². The van der Waals surface area contributed by atoms with Crippen molar-refractivity contribution in [2.45, 2.75) is 51.4 Å². The molecule has 1 aliphatic rings. The molecule has 0 spiro atoms. The fourth-order valence-electron chi connectivity index (χ4n) is 4.04. The summed E-state index contributed by atoms with van der Waals surface area (Å²) in [4.78, 5) is 15.3. The van der Waals surface area contributed by atoms with E-state index in [1.165, 1.54) is 11.1 Å². The predicted molar refractivity (Wildman–Crippen MR) is 119 cm³/mol. The third-order valence-electron chi connectivity index (χ3n) is 5.87. The van der Waals surface area contributed by atoms with Gasteiger partial charge in [0.2, 0.25) is 5.91 Å². The maximum Gasteiger partial charge on any atom is 0.237 e. The highest BCUT2D eigenvalue weighted by Crippen LogP contribution is 2.29. The van der Waals surface area contributed by atoms with Crippen LogP contribution >= 0.6 is 11.6 Å². The van der Waals surface area contributed by atoms with Gasteiger partial charge >= 0.3 is 0 Å². The molecule has 2 atom stereocenters. The number of nitrogens with one attached hydrogen (secondary N) is 1. The molecule has 1 aliphatic heterocycles. The SMILES string of the molecule is CC(C)c1ccc(CN2C[C@@H](n3cnnn3)C[C@H]2C(=O)NCc2ccccc2Cl)cc1. The number of benzene rings is 2. The summed E-state index contributed by atoms with van der Waals surface area (Å²) < 4.78 is 1.75. The van der Waals surface area contributed by atoms with E-state index in [2.05, 4.69) is 63.9 Å². The van der Waals surface area contributed by atoms with Crippen molar-refractivity contribution in [2.75, 3.05) is 6.54 Å². The Balaban J connectivity index is 1.48. The maximum atomic E-state index is 13.1. The molecule has 0 bridgehead atoms. The van der Waals surface area contributed by atoms with Gasteiger partial charge in [-0.1, -0.05) is 67.9 Å². The van der Waals surface area contributed by atoms with Crippen molar-refractivity contribution < 1.29 is 4.79 Å². The van der Waals surface area contributed by atoms with Crippen molar-refractivity contribution in [3.8, 4) is 0 Å². The quantitative estimate of drug-likeness (QED) is 0.610. The average Bonchev–Trinajstić information content (AvgIpc) is 3.43. The van der Waals surface area contributed by atoms with Crippen LogP contribution in [-0.4, -0.2) is 43.6 Å². The van der Waals surface area contributed by atoms with Crippen LogP contribution in [0.2, 0.25) is 5.02 Å². The molecule has 1 N–H and O–H groups in total. The molecule has 4 rings (SSSR count). The van der Waals surface area contributed by atoms with Crippen molar-refractivity contribution in [3.05, 3.63) is 76.6 Å². The Morgan fingerprint density at radius 2 is 1.97 bits per heavy atom. The molecule has 1 fully saturated rings. The Bertz CT molecular complexity index is 1010. The summed E-state index contributed by atoms with van der Waals surface area (Å²) >= 11 is 6.24. The van der Waals surface area contributed by atoms with E-state index in [0.29, 0.717) is 37.0 Å². The minimum Gasteiger partial charge on any atom is -0.351 e. The van der Waals surface area contributed by atoms with Gasteiger partial charge in [-0.15, -0.1) is 5.10 Å². The van der Waals surface area contributed by atoms with Crippen molar-refractivity contribution in [1.29, 1.82) is 0 Å². The second-order valence-corrected chi connectivity index (χ2v) is 8.74. The second-order valence-electron chi connectivity index (χ2n) is 8.33. The molecule has 7 nitrogen and oxygen atoms in total. The lowest BCUT2D eigenvalue weighted by Gasteiger charge is -2.24. The molecule has 0 saturated carbocycles. The highest BCUT2D eigenvalue weighted by atomic mass is 35.5. The molecular formula is C23H27ClN6O. The smallest absolute Gasteiger partial charge is 0.237 e. The number of hydrogen-bond acceptors (Lipinski definition) is 5. The van der Waals surface area contributed by atoms with E-state index in [1.54, 1.807) is 11.0 Å². The standard InChI is InChI=1S/C23H27ClN6O/c1-16(2)18-9-7-17(8-10-18)13-29-14-20(30-15-26-27-28-30)11-22(29)23(31)25-12-19-5-3-4-6-21(19)24/h3-10,15-16,20,22H,11-14H2,1-2H3,(H,25,31)/t20-,22-/m0/s1. The van der Waals surface area contributed by atoms with E-state index in [-0.39, 0.29) is 18.0 Å². The molecular weight excluding hydrogens is 412 g/mol. The van der Waals surface area contributed by atoms with Crippen LogP contribution < -0.4 is 5.32 Å². The number of tetrazole rings is 1. The Morgan fingerprint density at radius 1 is 1.19 bits per heavy atom. The normalized spacial score (nSPS) is 19.1. The van der Waals surface area contributed by atoms with Gasteiger partial charge in [-0.25, -0.2) is 4.68 Å². The maximum absolute atomic E-state index is 13.1. The number of nitrogens with zero attached hydrogens (tertiary/aromatic N) is 5. The molecule has 1 amide bonds. The van der Waals surface area contributed by atoms with Crippen LogP contribution in [0, 0.1) is 0 Å². The van der Waals surface area contributed by atoms with E-state index in [0.717, 1.165) is 5.56 Å². The van der Waals surface area contributed by atoms with E-state index in [9.17, 15) is 4.79 Å². The molecule has 0 unspecified atom stereocenters. The van der Waals surface area contributed by atoms with Crippen LogP contribution in [0.5, 0.6) is 0 Å². The minimum atomic E-state index is -0.263. The number of aromatic nitrogens is 4. The van der Waals surface area contributed by atoms with Crippen LogP contribution in [0.1, 0.15) is 48.9 Å². The highest BCUT2D eigenvalue weighted by molar-refractivity contribution is 6.31. The lowest BCUT2D eigenvalue weighted by Crippen LogP contribution is -2.42. The molecule has 0 aliphatic carbocycles. The number of amides is 1. The van der Waals surface area contributed by atoms with Gasteiger partial charge in [0.05, 0.1) is 12.1 Å². The van der Waals surface area contributed by atoms with Gasteiger partial charge in [0, 0.05) is 24.7 Å². The first-order valence-corrected chi connectivity index (χ1v) is 11.0. The van der Waals surface area contributed by atoms with Gasteiger partial charge in [0.1, 0.15) is 6.33 Å². The van der Waals surface area contributed by atoms with Crippen molar-refractivity contribution in [3.63, 3.8) is 0 Å². The number of likely N-dealkylation sites (tertiary alicyclic amines) is 1. The van der Waals surface area contributed by atoms with Crippen LogP contribution in [0.15, 0.2) is 54.9 Å². The zero-order chi connectivity index (χ0) is 21.8. The number of rotatable bonds is 7. The molecule has 3 aromatic rings.